The first-order valence-electron chi connectivity index (χ1n) is 6.28. The molecule has 2 unspecified atom stereocenters. The van der Waals surface area contributed by atoms with Crippen LogP contribution in [0, 0.1) is 0 Å². The van der Waals surface area contributed by atoms with Crippen molar-refractivity contribution in [3.8, 4) is 0 Å². The van der Waals surface area contributed by atoms with E-state index in [1.165, 1.54) is 0 Å². The first-order chi connectivity index (χ1) is 9.26. The molecule has 1 aromatic carbocycles. The zero-order valence-electron chi connectivity index (χ0n) is 10.6. The summed E-state index contributed by atoms with van der Waals surface area (Å²) < 4.78 is 12.2. The highest BCUT2D eigenvalue weighted by molar-refractivity contribution is 7.22. The summed E-state index contributed by atoms with van der Waals surface area (Å²) in [6, 6.07) is 5.89. The van der Waals surface area contributed by atoms with Gasteiger partial charge in [-0.15, -0.1) is 0 Å². The van der Waals surface area contributed by atoms with Crippen molar-refractivity contribution < 1.29 is 9.47 Å². The Kier molecular flexibility index (Phi) is 3.88. The van der Waals surface area contributed by atoms with Gasteiger partial charge in [0.2, 0.25) is 0 Å². The molecule has 1 saturated heterocycles. The summed E-state index contributed by atoms with van der Waals surface area (Å²) in [5.74, 6) is 0. The predicted molar refractivity (Wildman–Crippen MR) is 78.3 cm³/mol. The van der Waals surface area contributed by atoms with Gasteiger partial charge in [-0.3, -0.25) is 0 Å². The second kappa shape index (κ2) is 5.63. The molecule has 2 aromatic rings. The van der Waals surface area contributed by atoms with E-state index in [-0.39, 0.29) is 12.1 Å². The number of benzene rings is 1. The number of nitrogens with zero attached hydrogens (tertiary/aromatic N) is 1. The van der Waals surface area contributed by atoms with E-state index in [0.717, 1.165) is 20.4 Å². The largest absolute Gasteiger partial charge is 0.376 e. The summed E-state index contributed by atoms with van der Waals surface area (Å²) >= 11 is 7.58. The van der Waals surface area contributed by atoms with E-state index < -0.39 is 0 Å². The minimum absolute atomic E-state index is 0.0978. The molecule has 0 aliphatic carbocycles. The Bertz CT molecular complexity index is 575. The topological polar surface area (TPSA) is 43.4 Å². The maximum Gasteiger partial charge on any atom is 0.184 e. The van der Waals surface area contributed by atoms with Gasteiger partial charge < -0.3 is 14.8 Å². The van der Waals surface area contributed by atoms with E-state index in [1.807, 2.05) is 25.1 Å². The number of halogens is 1. The maximum atomic E-state index is 5.98. The molecular weight excluding hydrogens is 284 g/mol. The molecule has 3 rings (SSSR count). The van der Waals surface area contributed by atoms with E-state index in [9.17, 15) is 0 Å². The molecule has 1 aromatic heterocycles. The average molecular weight is 299 g/mol. The van der Waals surface area contributed by atoms with Gasteiger partial charge in [0.25, 0.3) is 0 Å². The van der Waals surface area contributed by atoms with Crippen LogP contribution in [0.2, 0.25) is 5.02 Å². The molecule has 102 valence electrons. The van der Waals surface area contributed by atoms with E-state index in [1.54, 1.807) is 11.3 Å². The smallest absolute Gasteiger partial charge is 0.184 e. The Morgan fingerprint density at radius 3 is 3.26 bits per heavy atom. The molecule has 19 heavy (non-hydrogen) atoms. The van der Waals surface area contributed by atoms with Crippen molar-refractivity contribution in [3.05, 3.63) is 23.2 Å². The fourth-order valence-corrected chi connectivity index (χ4v) is 3.37. The third kappa shape index (κ3) is 2.84. The lowest BCUT2D eigenvalue weighted by Crippen LogP contribution is -2.34. The van der Waals surface area contributed by atoms with Crippen LogP contribution in [0.4, 0.5) is 5.13 Å². The Morgan fingerprint density at radius 1 is 1.53 bits per heavy atom. The minimum Gasteiger partial charge on any atom is -0.376 e. The lowest BCUT2D eigenvalue weighted by molar-refractivity contribution is 0.0478. The third-order valence-corrected chi connectivity index (χ3v) is 4.25. The van der Waals surface area contributed by atoms with Crippen molar-refractivity contribution in [1.29, 1.82) is 0 Å². The van der Waals surface area contributed by atoms with Gasteiger partial charge in [0.15, 0.2) is 5.13 Å². The standard InChI is InChI=1S/C13H15ClN2O2S/c1-2-18-11-7-17-6-10(11)16-13-15-9-4-3-8(14)5-12(9)19-13/h3-5,10-11H,2,6-7H2,1H3,(H,15,16). The number of thiazole rings is 1. The molecular formula is C13H15ClN2O2S. The monoisotopic (exact) mass is 298 g/mol. The number of ether oxygens (including phenoxy) is 2. The summed E-state index contributed by atoms with van der Waals surface area (Å²) in [5, 5.41) is 5.02. The summed E-state index contributed by atoms with van der Waals surface area (Å²) in [7, 11) is 0. The second-order valence-corrected chi connectivity index (χ2v) is 5.88. The predicted octanol–water partition coefficient (Wildman–Crippen LogP) is 3.17. The number of hydrogen-bond donors (Lipinski definition) is 1. The van der Waals surface area contributed by atoms with Crippen LogP contribution < -0.4 is 5.32 Å². The summed E-state index contributed by atoms with van der Waals surface area (Å²) in [4.78, 5) is 4.55. The van der Waals surface area contributed by atoms with Crippen LogP contribution in [0.3, 0.4) is 0 Å². The SMILES string of the molecule is CCOC1COCC1Nc1nc2ccc(Cl)cc2s1. The van der Waals surface area contributed by atoms with Crippen LogP contribution in [0.25, 0.3) is 10.2 Å². The normalized spacial score (nSPS) is 23.1. The molecule has 1 aliphatic rings. The van der Waals surface area contributed by atoms with E-state index in [2.05, 4.69) is 10.3 Å². The Hall–Kier alpha value is -0.880. The van der Waals surface area contributed by atoms with Crippen molar-refractivity contribution >= 4 is 38.3 Å². The summed E-state index contributed by atoms with van der Waals surface area (Å²) in [5.41, 5.74) is 0.962. The van der Waals surface area contributed by atoms with Crippen LogP contribution >= 0.6 is 22.9 Å². The van der Waals surface area contributed by atoms with Crippen LogP contribution in [-0.4, -0.2) is 37.0 Å². The lowest BCUT2D eigenvalue weighted by atomic mass is 10.2. The molecule has 2 heterocycles. The number of anilines is 1. The van der Waals surface area contributed by atoms with Gasteiger partial charge in [0.1, 0.15) is 6.10 Å². The quantitative estimate of drug-likeness (QED) is 0.941. The van der Waals surface area contributed by atoms with Crippen LogP contribution in [0.5, 0.6) is 0 Å². The number of rotatable bonds is 4. The summed E-state index contributed by atoms with van der Waals surface area (Å²) in [6.45, 7) is 3.99. The van der Waals surface area contributed by atoms with Crippen LogP contribution in [0.15, 0.2) is 18.2 Å². The highest BCUT2D eigenvalue weighted by Gasteiger charge is 2.29. The Morgan fingerprint density at radius 2 is 2.42 bits per heavy atom. The first kappa shape index (κ1) is 13.1. The average Bonchev–Trinajstić information content (AvgIpc) is 2.97. The number of aromatic nitrogens is 1. The van der Waals surface area contributed by atoms with Gasteiger partial charge in [-0.2, -0.15) is 0 Å². The maximum absolute atomic E-state index is 5.98. The van der Waals surface area contributed by atoms with Crippen molar-refractivity contribution in [1.82, 2.24) is 4.98 Å². The molecule has 4 nitrogen and oxygen atoms in total. The van der Waals surface area contributed by atoms with Crippen LogP contribution in [-0.2, 0) is 9.47 Å². The highest BCUT2D eigenvalue weighted by atomic mass is 35.5. The number of fused-ring (bicyclic) bond motifs is 1. The molecule has 1 aliphatic heterocycles. The van der Waals surface area contributed by atoms with E-state index in [0.29, 0.717) is 19.8 Å². The van der Waals surface area contributed by atoms with Gasteiger partial charge in [-0.25, -0.2) is 4.98 Å². The summed E-state index contributed by atoms with van der Waals surface area (Å²) in [6.07, 6.45) is 0.0978. The van der Waals surface area contributed by atoms with Gasteiger partial charge in [0, 0.05) is 11.6 Å². The van der Waals surface area contributed by atoms with Crippen molar-refractivity contribution in [3.63, 3.8) is 0 Å². The molecule has 0 spiro atoms. The van der Waals surface area contributed by atoms with Gasteiger partial charge >= 0.3 is 0 Å². The van der Waals surface area contributed by atoms with Crippen molar-refractivity contribution in [2.75, 3.05) is 25.1 Å². The molecule has 0 saturated carbocycles. The van der Waals surface area contributed by atoms with Gasteiger partial charge in [-0.1, -0.05) is 22.9 Å². The van der Waals surface area contributed by atoms with Gasteiger partial charge in [0.05, 0.1) is 29.5 Å². The Balaban J connectivity index is 1.77. The van der Waals surface area contributed by atoms with Crippen LogP contribution in [0.1, 0.15) is 6.92 Å². The third-order valence-electron chi connectivity index (χ3n) is 3.07. The lowest BCUT2D eigenvalue weighted by Gasteiger charge is -2.18. The zero-order chi connectivity index (χ0) is 13.2. The zero-order valence-corrected chi connectivity index (χ0v) is 12.1. The Labute approximate surface area is 120 Å². The second-order valence-electron chi connectivity index (χ2n) is 4.41. The fraction of sp³-hybridized carbons (Fsp3) is 0.462. The molecule has 1 fully saturated rings. The van der Waals surface area contributed by atoms with E-state index >= 15 is 0 Å². The van der Waals surface area contributed by atoms with E-state index in [4.69, 9.17) is 21.1 Å². The van der Waals surface area contributed by atoms with Gasteiger partial charge in [-0.05, 0) is 25.1 Å². The molecule has 6 heteroatoms. The molecule has 0 amide bonds. The van der Waals surface area contributed by atoms with Crippen molar-refractivity contribution in [2.24, 2.45) is 0 Å². The molecule has 2 atom stereocenters. The molecule has 1 N–H and O–H groups in total. The fourth-order valence-electron chi connectivity index (χ4n) is 2.17. The number of hydrogen-bond acceptors (Lipinski definition) is 5. The number of nitrogens with one attached hydrogen (secondary N) is 1. The minimum atomic E-state index is 0.0978. The first-order valence-corrected chi connectivity index (χ1v) is 7.47. The molecule has 0 bridgehead atoms. The molecule has 0 radical (unpaired) electrons. The van der Waals surface area contributed by atoms with Crippen molar-refractivity contribution in [2.45, 2.75) is 19.1 Å². The highest BCUT2D eigenvalue weighted by Crippen LogP contribution is 2.29.